The fourth-order valence-corrected chi connectivity index (χ4v) is 2.08. The van der Waals surface area contributed by atoms with E-state index in [1.54, 1.807) is 6.07 Å². The number of hydrogen-bond donors (Lipinski definition) is 3. The Morgan fingerprint density at radius 2 is 2.05 bits per heavy atom. The molecule has 0 aliphatic carbocycles. The highest BCUT2D eigenvalue weighted by atomic mass is 16.5. The van der Waals surface area contributed by atoms with Gasteiger partial charge in [0.25, 0.3) is 5.91 Å². The van der Waals surface area contributed by atoms with Gasteiger partial charge in [0, 0.05) is 17.6 Å². The zero-order valence-corrected chi connectivity index (χ0v) is 11.0. The minimum Gasteiger partial charge on any atom is -0.360 e. The topological polar surface area (TPSA) is 106 Å². The maximum Gasteiger partial charge on any atom is 0.253 e. The minimum atomic E-state index is -0.237. The monoisotopic (exact) mass is 283 g/mol. The number of rotatable bonds is 4. The Morgan fingerprint density at radius 1 is 1.24 bits per heavy atom. The summed E-state index contributed by atoms with van der Waals surface area (Å²) in [6.45, 7) is 0.268. The number of aromatic nitrogens is 2. The Kier molecular flexibility index (Phi) is 3.48. The van der Waals surface area contributed by atoms with E-state index < -0.39 is 0 Å². The van der Waals surface area contributed by atoms with E-state index in [4.69, 9.17) is 10.4 Å². The zero-order chi connectivity index (χ0) is 14.7. The van der Waals surface area contributed by atoms with E-state index >= 15 is 0 Å². The van der Waals surface area contributed by atoms with Gasteiger partial charge in [0.2, 0.25) is 0 Å². The van der Waals surface area contributed by atoms with Gasteiger partial charge in [-0.1, -0.05) is 29.4 Å². The highest BCUT2D eigenvalue weighted by molar-refractivity contribution is 6.09. The molecule has 4 N–H and O–H groups in total. The lowest BCUT2D eigenvalue weighted by atomic mass is 10.1. The van der Waals surface area contributed by atoms with E-state index in [2.05, 4.69) is 20.9 Å². The highest BCUT2D eigenvalue weighted by Crippen LogP contribution is 2.23. The maximum atomic E-state index is 12.3. The Bertz CT molecular complexity index is 770. The molecule has 1 aromatic carbocycles. The van der Waals surface area contributed by atoms with Gasteiger partial charge in [-0.25, -0.2) is 10.8 Å². The fraction of sp³-hybridized carbons (Fsp3) is 0.0714. The zero-order valence-electron chi connectivity index (χ0n) is 11.0. The van der Waals surface area contributed by atoms with Gasteiger partial charge in [-0.15, -0.1) is 0 Å². The summed E-state index contributed by atoms with van der Waals surface area (Å²) in [5, 5.41) is 7.91. The van der Waals surface area contributed by atoms with E-state index in [9.17, 15) is 4.79 Å². The average Bonchev–Trinajstić information content (AvgIpc) is 3.05. The quantitative estimate of drug-likeness (QED) is 0.494. The summed E-state index contributed by atoms with van der Waals surface area (Å²) in [5.41, 5.74) is 3.00. The first-order chi connectivity index (χ1) is 10.3. The van der Waals surface area contributed by atoms with Crippen molar-refractivity contribution in [2.75, 3.05) is 5.43 Å². The van der Waals surface area contributed by atoms with E-state index in [1.807, 2.05) is 24.3 Å². The number of hydrogen-bond acceptors (Lipinski definition) is 6. The van der Waals surface area contributed by atoms with Crippen molar-refractivity contribution in [3.63, 3.8) is 0 Å². The summed E-state index contributed by atoms with van der Waals surface area (Å²) in [7, 11) is 0. The molecule has 0 saturated heterocycles. The van der Waals surface area contributed by atoms with Crippen molar-refractivity contribution in [1.82, 2.24) is 15.5 Å². The summed E-state index contributed by atoms with van der Waals surface area (Å²) in [6, 6.07) is 9.11. The molecule has 2 heterocycles. The van der Waals surface area contributed by atoms with Gasteiger partial charge in [0.05, 0.1) is 18.3 Å². The lowest BCUT2D eigenvalue weighted by Gasteiger charge is -2.09. The van der Waals surface area contributed by atoms with Crippen molar-refractivity contribution in [2.24, 2.45) is 5.84 Å². The third-order valence-corrected chi connectivity index (χ3v) is 3.09. The molecule has 0 spiro atoms. The number of anilines is 1. The minimum absolute atomic E-state index is 0.237. The number of nitrogens with two attached hydrogens (primary N) is 1. The van der Waals surface area contributed by atoms with Crippen LogP contribution in [0, 0.1) is 0 Å². The van der Waals surface area contributed by atoms with Crippen LogP contribution in [-0.2, 0) is 6.54 Å². The second-order valence-corrected chi connectivity index (χ2v) is 4.37. The first kappa shape index (κ1) is 13.1. The van der Waals surface area contributed by atoms with Gasteiger partial charge in [-0.05, 0) is 5.39 Å². The van der Waals surface area contributed by atoms with Gasteiger partial charge in [0.1, 0.15) is 5.82 Å². The molecule has 7 nitrogen and oxygen atoms in total. The normalized spacial score (nSPS) is 10.5. The predicted molar refractivity (Wildman–Crippen MR) is 77.2 cm³/mol. The summed E-state index contributed by atoms with van der Waals surface area (Å²) in [6.07, 6.45) is 3.02. The van der Waals surface area contributed by atoms with Gasteiger partial charge < -0.3 is 15.3 Å². The molecule has 3 rings (SSSR count). The summed E-state index contributed by atoms with van der Waals surface area (Å²) >= 11 is 0. The van der Waals surface area contributed by atoms with Crippen LogP contribution in [0.25, 0.3) is 10.8 Å². The summed E-state index contributed by atoms with van der Waals surface area (Å²) in [5.74, 6) is 6.30. The second kappa shape index (κ2) is 5.59. The van der Waals surface area contributed by atoms with Crippen LogP contribution in [0.3, 0.4) is 0 Å². The number of fused-ring (bicyclic) bond motifs is 1. The number of amides is 1. The molecule has 0 radical (unpaired) electrons. The Balaban J connectivity index is 1.91. The average molecular weight is 283 g/mol. The van der Waals surface area contributed by atoms with Crippen molar-refractivity contribution in [2.45, 2.75) is 6.54 Å². The van der Waals surface area contributed by atoms with Gasteiger partial charge in [-0.3, -0.25) is 4.79 Å². The lowest BCUT2D eigenvalue weighted by molar-refractivity contribution is 0.0948. The molecule has 0 bridgehead atoms. The number of nitrogens with zero attached hydrogens (tertiary/aromatic N) is 2. The van der Waals surface area contributed by atoms with Crippen LogP contribution in [0.2, 0.25) is 0 Å². The molecule has 0 aliphatic heterocycles. The van der Waals surface area contributed by atoms with Crippen molar-refractivity contribution in [3.8, 4) is 0 Å². The van der Waals surface area contributed by atoms with Gasteiger partial charge in [0.15, 0.2) is 5.76 Å². The standard InChI is InChI=1S/C14H13N5O2/c15-19-13-11-4-2-1-3-10(11)12(8-16-13)14(20)17-7-9-5-6-18-21-9/h1-6,8H,7,15H2,(H,16,19)(H,17,20). The van der Waals surface area contributed by atoms with Gasteiger partial charge in [-0.2, -0.15) is 0 Å². The first-order valence-electron chi connectivity index (χ1n) is 6.31. The molecule has 0 fully saturated rings. The molecule has 3 aromatic rings. The molecular weight excluding hydrogens is 270 g/mol. The molecular formula is C14H13N5O2. The fourth-order valence-electron chi connectivity index (χ4n) is 2.08. The molecule has 0 saturated carbocycles. The van der Waals surface area contributed by atoms with Crippen LogP contribution < -0.4 is 16.6 Å². The highest BCUT2D eigenvalue weighted by Gasteiger charge is 2.13. The third-order valence-electron chi connectivity index (χ3n) is 3.09. The second-order valence-electron chi connectivity index (χ2n) is 4.37. The van der Waals surface area contributed by atoms with Crippen LogP contribution in [0.4, 0.5) is 5.82 Å². The number of hydrazine groups is 1. The SMILES string of the molecule is NNc1ncc(C(=O)NCc2ccno2)c2ccccc12. The largest absolute Gasteiger partial charge is 0.360 e. The molecule has 106 valence electrons. The number of nitrogens with one attached hydrogen (secondary N) is 2. The van der Waals surface area contributed by atoms with Crippen molar-refractivity contribution < 1.29 is 9.32 Å². The van der Waals surface area contributed by atoms with Crippen molar-refractivity contribution in [1.29, 1.82) is 0 Å². The maximum absolute atomic E-state index is 12.3. The molecule has 0 unspecified atom stereocenters. The molecule has 1 amide bonds. The molecule has 21 heavy (non-hydrogen) atoms. The van der Waals surface area contributed by atoms with Crippen molar-refractivity contribution in [3.05, 3.63) is 54.0 Å². The van der Waals surface area contributed by atoms with Crippen LogP contribution >= 0.6 is 0 Å². The molecule has 7 heteroatoms. The number of carbonyl (C=O) groups excluding carboxylic acids is 1. The smallest absolute Gasteiger partial charge is 0.253 e. The number of nitrogen functional groups attached to an aromatic ring is 1. The van der Waals surface area contributed by atoms with E-state index in [0.29, 0.717) is 17.1 Å². The predicted octanol–water partition coefficient (Wildman–Crippen LogP) is 1.44. The third kappa shape index (κ3) is 2.54. The Hall–Kier alpha value is -2.93. The van der Waals surface area contributed by atoms with Crippen LogP contribution in [0.5, 0.6) is 0 Å². The number of benzene rings is 1. The van der Waals surface area contributed by atoms with Crippen LogP contribution in [0.15, 0.2) is 47.2 Å². The van der Waals surface area contributed by atoms with E-state index in [-0.39, 0.29) is 12.5 Å². The molecule has 0 aliphatic rings. The molecule has 2 aromatic heterocycles. The number of pyridine rings is 1. The van der Waals surface area contributed by atoms with Crippen LogP contribution in [0.1, 0.15) is 16.1 Å². The summed E-state index contributed by atoms with van der Waals surface area (Å²) in [4.78, 5) is 16.4. The van der Waals surface area contributed by atoms with E-state index in [0.717, 1.165) is 10.8 Å². The van der Waals surface area contributed by atoms with E-state index in [1.165, 1.54) is 12.4 Å². The first-order valence-corrected chi connectivity index (χ1v) is 6.31. The van der Waals surface area contributed by atoms with Crippen LogP contribution in [-0.4, -0.2) is 16.0 Å². The molecule has 0 atom stereocenters. The Labute approximate surface area is 120 Å². The summed E-state index contributed by atoms with van der Waals surface area (Å²) < 4.78 is 4.94. The number of carbonyl (C=O) groups is 1. The Morgan fingerprint density at radius 3 is 2.76 bits per heavy atom. The van der Waals surface area contributed by atoms with Gasteiger partial charge >= 0.3 is 0 Å². The lowest BCUT2D eigenvalue weighted by Crippen LogP contribution is -2.23. The van der Waals surface area contributed by atoms with Crippen molar-refractivity contribution >= 4 is 22.5 Å².